The fourth-order valence-electron chi connectivity index (χ4n) is 2.08. The summed E-state index contributed by atoms with van der Waals surface area (Å²) in [5, 5.41) is 13.5. The first-order valence-corrected chi connectivity index (χ1v) is 6.33. The van der Waals surface area contributed by atoms with Gasteiger partial charge in [-0.05, 0) is 31.1 Å². The van der Waals surface area contributed by atoms with Crippen LogP contribution in [0.4, 0.5) is 5.69 Å². The van der Waals surface area contributed by atoms with Crippen molar-refractivity contribution in [3.8, 4) is 0 Å². The SMILES string of the molecule is OC1=C(C2Nc3ccccc3S2)CCC=C1. The van der Waals surface area contributed by atoms with Gasteiger partial charge in [0.1, 0.15) is 11.1 Å². The van der Waals surface area contributed by atoms with Crippen molar-refractivity contribution in [1.82, 2.24) is 0 Å². The van der Waals surface area contributed by atoms with Gasteiger partial charge in [-0.25, -0.2) is 0 Å². The highest BCUT2D eigenvalue weighted by molar-refractivity contribution is 8.00. The van der Waals surface area contributed by atoms with Gasteiger partial charge in [0.25, 0.3) is 0 Å². The predicted octanol–water partition coefficient (Wildman–Crippen LogP) is 3.69. The van der Waals surface area contributed by atoms with E-state index >= 15 is 0 Å². The standard InChI is InChI=1S/C13H13NOS/c15-11-7-3-1-5-9(11)13-14-10-6-2-4-8-12(10)16-13/h2-4,6-8,13-15H,1,5H2. The zero-order valence-electron chi connectivity index (χ0n) is 8.81. The lowest BCUT2D eigenvalue weighted by Gasteiger charge is -2.18. The Morgan fingerprint density at radius 1 is 1.31 bits per heavy atom. The number of fused-ring (bicyclic) bond motifs is 1. The highest BCUT2D eigenvalue weighted by Crippen LogP contribution is 2.42. The molecule has 3 rings (SSSR count). The summed E-state index contributed by atoms with van der Waals surface area (Å²) in [7, 11) is 0. The Hall–Kier alpha value is -1.35. The van der Waals surface area contributed by atoms with Crippen LogP contribution in [-0.2, 0) is 0 Å². The third-order valence-corrected chi connectivity index (χ3v) is 4.17. The van der Waals surface area contributed by atoms with E-state index in [0.717, 1.165) is 18.4 Å². The van der Waals surface area contributed by atoms with Crippen LogP contribution < -0.4 is 5.32 Å². The number of hydrogen-bond donors (Lipinski definition) is 2. The van der Waals surface area contributed by atoms with Gasteiger partial charge < -0.3 is 10.4 Å². The van der Waals surface area contributed by atoms with Crippen LogP contribution in [0.5, 0.6) is 0 Å². The van der Waals surface area contributed by atoms with Crippen LogP contribution in [0.25, 0.3) is 0 Å². The molecule has 1 aliphatic carbocycles. The maximum absolute atomic E-state index is 9.85. The molecular formula is C13H13NOS. The molecule has 1 aromatic carbocycles. The number of nitrogens with one attached hydrogen (secondary N) is 1. The molecule has 0 radical (unpaired) electrons. The van der Waals surface area contributed by atoms with E-state index < -0.39 is 0 Å². The maximum atomic E-state index is 9.85. The van der Waals surface area contributed by atoms with Crippen molar-refractivity contribution in [2.24, 2.45) is 0 Å². The Morgan fingerprint density at radius 2 is 2.19 bits per heavy atom. The number of para-hydroxylation sites is 1. The van der Waals surface area contributed by atoms with Crippen molar-refractivity contribution in [3.05, 3.63) is 47.7 Å². The monoisotopic (exact) mass is 231 g/mol. The van der Waals surface area contributed by atoms with Gasteiger partial charge in [-0.15, -0.1) is 0 Å². The van der Waals surface area contributed by atoms with E-state index in [9.17, 15) is 5.11 Å². The topological polar surface area (TPSA) is 32.3 Å². The second-order valence-corrected chi connectivity index (χ2v) is 5.14. The van der Waals surface area contributed by atoms with Crippen LogP contribution in [-0.4, -0.2) is 10.5 Å². The number of thioether (sulfide) groups is 1. The van der Waals surface area contributed by atoms with E-state index in [0.29, 0.717) is 5.76 Å². The summed E-state index contributed by atoms with van der Waals surface area (Å²) in [6, 6.07) is 8.27. The maximum Gasteiger partial charge on any atom is 0.117 e. The highest BCUT2D eigenvalue weighted by atomic mass is 32.2. The molecule has 1 aromatic rings. The largest absolute Gasteiger partial charge is 0.508 e. The molecule has 0 amide bonds. The Bertz CT molecular complexity index is 454. The summed E-state index contributed by atoms with van der Waals surface area (Å²) in [5.41, 5.74) is 2.29. The Morgan fingerprint density at radius 3 is 3.00 bits per heavy atom. The summed E-state index contributed by atoms with van der Waals surface area (Å²) >= 11 is 1.78. The Labute approximate surface area is 99.1 Å². The van der Waals surface area contributed by atoms with Crippen LogP contribution in [0, 0.1) is 0 Å². The smallest absolute Gasteiger partial charge is 0.117 e. The van der Waals surface area contributed by atoms with Crippen molar-refractivity contribution >= 4 is 17.4 Å². The predicted molar refractivity (Wildman–Crippen MR) is 67.7 cm³/mol. The highest BCUT2D eigenvalue weighted by Gasteiger charge is 2.26. The molecule has 0 bridgehead atoms. The second kappa shape index (κ2) is 3.91. The summed E-state index contributed by atoms with van der Waals surface area (Å²) < 4.78 is 0. The molecule has 16 heavy (non-hydrogen) atoms. The van der Waals surface area contributed by atoms with Gasteiger partial charge in [0.2, 0.25) is 0 Å². The molecule has 0 saturated carbocycles. The molecule has 0 spiro atoms. The molecule has 2 aliphatic rings. The number of aliphatic hydroxyl groups excluding tert-OH is 1. The van der Waals surface area contributed by atoms with Crippen molar-refractivity contribution in [3.63, 3.8) is 0 Å². The molecular weight excluding hydrogens is 218 g/mol. The lowest BCUT2D eigenvalue weighted by Crippen LogP contribution is -2.16. The van der Waals surface area contributed by atoms with Gasteiger partial charge in [0, 0.05) is 16.2 Å². The number of aliphatic hydroxyl groups is 1. The summed E-state index contributed by atoms with van der Waals surface area (Å²) in [6.07, 6.45) is 5.80. The molecule has 1 heterocycles. The second-order valence-electron chi connectivity index (χ2n) is 3.99. The summed E-state index contributed by atoms with van der Waals surface area (Å²) in [5.74, 6) is 0.434. The normalized spacial score (nSPS) is 23.1. The molecule has 2 nitrogen and oxygen atoms in total. The van der Waals surface area contributed by atoms with Gasteiger partial charge in [0.05, 0.1) is 0 Å². The third-order valence-electron chi connectivity index (χ3n) is 2.92. The van der Waals surface area contributed by atoms with Gasteiger partial charge >= 0.3 is 0 Å². The molecule has 0 aromatic heterocycles. The summed E-state index contributed by atoms with van der Waals surface area (Å²) in [6.45, 7) is 0. The molecule has 0 saturated heterocycles. The summed E-state index contributed by atoms with van der Waals surface area (Å²) in [4.78, 5) is 1.27. The van der Waals surface area contributed by atoms with Crippen LogP contribution in [0.3, 0.4) is 0 Å². The van der Waals surface area contributed by atoms with E-state index in [-0.39, 0.29) is 5.37 Å². The first kappa shape index (κ1) is 9.85. The Balaban J connectivity index is 1.89. The number of allylic oxidation sites excluding steroid dienone is 2. The number of hydrogen-bond acceptors (Lipinski definition) is 3. The van der Waals surface area contributed by atoms with Crippen molar-refractivity contribution < 1.29 is 5.11 Å². The zero-order valence-corrected chi connectivity index (χ0v) is 9.63. The first-order chi connectivity index (χ1) is 7.84. The van der Waals surface area contributed by atoms with Crippen LogP contribution in [0.2, 0.25) is 0 Å². The van der Waals surface area contributed by atoms with Gasteiger partial charge in [-0.3, -0.25) is 0 Å². The minimum absolute atomic E-state index is 0.197. The third kappa shape index (κ3) is 1.61. The number of rotatable bonds is 1. The first-order valence-electron chi connectivity index (χ1n) is 5.45. The van der Waals surface area contributed by atoms with Gasteiger partial charge in [-0.1, -0.05) is 30.0 Å². The molecule has 1 unspecified atom stereocenters. The van der Waals surface area contributed by atoms with E-state index in [4.69, 9.17) is 0 Å². The average molecular weight is 231 g/mol. The minimum Gasteiger partial charge on any atom is -0.508 e. The fraction of sp³-hybridized carbons (Fsp3) is 0.231. The van der Waals surface area contributed by atoms with Crippen molar-refractivity contribution in [2.75, 3.05) is 5.32 Å². The van der Waals surface area contributed by atoms with E-state index in [1.807, 2.05) is 24.3 Å². The lowest BCUT2D eigenvalue weighted by atomic mass is 10.0. The molecule has 1 atom stereocenters. The van der Waals surface area contributed by atoms with Crippen molar-refractivity contribution in [2.45, 2.75) is 23.1 Å². The number of anilines is 1. The molecule has 2 N–H and O–H groups in total. The lowest BCUT2D eigenvalue weighted by molar-refractivity contribution is 0.417. The van der Waals surface area contributed by atoms with Crippen LogP contribution in [0.1, 0.15) is 12.8 Å². The van der Waals surface area contributed by atoms with E-state index in [1.54, 1.807) is 11.8 Å². The molecule has 82 valence electrons. The number of benzene rings is 1. The van der Waals surface area contributed by atoms with Crippen LogP contribution >= 0.6 is 11.8 Å². The van der Waals surface area contributed by atoms with E-state index in [1.165, 1.54) is 10.6 Å². The molecule has 0 fully saturated rings. The van der Waals surface area contributed by atoms with Crippen molar-refractivity contribution in [1.29, 1.82) is 0 Å². The molecule has 3 heteroatoms. The zero-order chi connectivity index (χ0) is 11.0. The van der Waals surface area contributed by atoms with E-state index in [2.05, 4.69) is 17.4 Å². The quantitative estimate of drug-likeness (QED) is 0.773. The van der Waals surface area contributed by atoms with Gasteiger partial charge in [-0.2, -0.15) is 0 Å². The fourth-order valence-corrected chi connectivity index (χ4v) is 3.31. The van der Waals surface area contributed by atoms with Crippen LogP contribution in [0.15, 0.2) is 52.6 Å². The minimum atomic E-state index is 0.197. The molecule has 1 aliphatic heterocycles. The average Bonchev–Trinajstić information content (AvgIpc) is 2.73. The Kier molecular flexibility index (Phi) is 2.40. The van der Waals surface area contributed by atoms with Gasteiger partial charge in [0.15, 0.2) is 0 Å².